The van der Waals surface area contributed by atoms with Gasteiger partial charge in [0.05, 0.1) is 6.54 Å². The Balaban J connectivity index is 1.73. The molecule has 4 rings (SSSR count). The molecule has 0 atom stereocenters. The largest absolute Gasteiger partial charge is 0.346 e. The molecule has 2 aromatic carbocycles. The maximum Gasteiger partial charge on any atom is 0.346 e. The zero-order valence-corrected chi connectivity index (χ0v) is 13.3. The molecule has 0 spiro atoms. The molecule has 4 nitrogen and oxygen atoms in total. The minimum atomic E-state index is -0.0484. The summed E-state index contributed by atoms with van der Waals surface area (Å²) in [6.07, 6.45) is 1.41. The van der Waals surface area contributed by atoms with Crippen molar-refractivity contribution in [3.8, 4) is 0 Å². The Morgan fingerprint density at radius 2 is 1.91 bits per heavy atom. The van der Waals surface area contributed by atoms with E-state index < -0.39 is 0 Å². The minimum Gasteiger partial charge on any atom is -0.278 e. The summed E-state index contributed by atoms with van der Waals surface area (Å²) < 4.78 is 3.33. The van der Waals surface area contributed by atoms with Gasteiger partial charge in [-0.3, -0.25) is 4.57 Å². The Morgan fingerprint density at radius 1 is 1.09 bits per heavy atom. The molecular weight excluding hydrogens is 310 g/mol. The Morgan fingerprint density at radius 3 is 2.74 bits per heavy atom. The summed E-state index contributed by atoms with van der Waals surface area (Å²) in [4.78, 5) is 12.6. The average Bonchev–Trinajstić information content (AvgIpc) is 2.74. The number of nitrogens with zero attached hydrogens (tertiary/aromatic N) is 3. The molecule has 0 aliphatic carbocycles. The van der Waals surface area contributed by atoms with Crippen molar-refractivity contribution in [2.24, 2.45) is 0 Å². The molecule has 0 amide bonds. The number of halogens is 1. The predicted octanol–water partition coefficient (Wildman–Crippen LogP) is 2.89. The Hall–Kier alpha value is -2.33. The third-order valence-electron chi connectivity index (χ3n) is 4.33. The lowest BCUT2D eigenvalue weighted by Gasteiger charge is -2.06. The molecule has 1 aliphatic heterocycles. The second kappa shape index (κ2) is 5.70. The van der Waals surface area contributed by atoms with Crippen LogP contribution in [0.15, 0.2) is 53.3 Å². The standard InChI is InChI=1S/C18H16ClN3O/c19-16-8-4-7-14-9-10-21-17(11-15(14)16)20-22(18(21)23)12-13-5-2-1-3-6-13/h1-8H,9-12H2. The first-order chi connectivity index (χ1) is 11.2. The van der Waals surface area contributed by atoms with Crippen LogP contribution in [0.4, 0.5) is 0 Å². The molecule has 0 fully saturated rings. The van der Waals surface area contributed by atoms with Gasteiger partial charge in [-0.25, -0.2) is 9.48 Å². The normalized spacial score (nSPS) is 13.3. The van der Waals surface area contributed by atoms with E-state index in [0.717, 1.165) is 28.4 Å². The predicted molar refractivity (Wildman–Crippen MR) is 90.0 cm³/mol. The van der Waals surface area contributed by atoms with Crippen LogP contribution in [0.1, 0.15) is 22.5 Å². The maximum atomic E-state index is 12.6. The van der Waals surface area contributed by atoms with Gasteiger partial charge in [-0.1, -0.05) is 54.1 Å². The molecule has 23 heavy (non-hydrogen) atoms. The Labute approximate surface area is 139 Å². The fraction of sp³-hybridized carbons (Fsp3) is 0.222. The van der Waals surface area contributed by atoms with E-state index in [1.165, 1.54) is 5.56 Å². The zero-order valence-electron chi connectivity index (χ0n) is 12.6. The third-order valence-corrected chi connectivity index (χ3v) is 4.68. The summed E-state index contributed by atoms with van der Waals surface area (Å²) in [6.45, 7) is 1.14. The number of hydrogen-bond acceptors (Lipinski definition) is 2. The molecule has 3 aromatic rings. The fourth-order valence-electron chi connectivity index (χ4n) is 3.13. The molecule has 0 N–H and O–H groups in total. The van der Waals surface area contributed by atoms with Gasteiger partial charge in [-0.05, 0) is 29.2 Å². The van der Waals surface area contributed by atoms with Gasteiger partial charge in [0, 0.05) is 18.0 Å². The number of fused-ring (bicyclic) bond motifs is 2. The maximum absolute atomic E-state index is 12.6. The summed E-state index contributed by atoms with van der Waals surface area (Å²) in [5.74, 6) is 0.790. The highest BCUT2D eigenvalue weighted by Crippen LogP contribution is 2.25. The van der Waals surface area contributed by atoms with Crippen molar-refractivity contribution in [3.05, 3.63) is 86.6 Å². The lowest BCUT2D eigenvalue weighted by atomic mass is 10.0. The molecule has 0 radical (unpaired) electrons. The van der Waals surface area contributed by atoms with Gasteiger partial charge in [0.25, 0.3) is 0 Å². The van der Waals surface area contributed by atoms with Gasteiger partial charge in [0.1, 0.15) is 5.82 Å². The summed E-state index contributed by atoms with van der Waals surface area (Å²) in [7, 11) is 0. The summed E-state index contributed by atoms with van der Waals surface area (Å²) in [6, 6.07) is 15.9. The Kier molecular flexibility index (Phi) is 3.54. The fourth-order valence-corrected chi connectivity index (χ4v) is 3.39. The first-order valence-corrected chi connectivity index (χ1v) is 8.07. The molecule has 116 valence electrons. The SMILES string of the molecule is O=c1n(Cc2ccccc2)nc2n1CCc1cccc(Cl)c1C2. The first kappa shape index (κ1) is 14.3. The second-order valence-corrected chi connectivity index (χ2v) is 6.21. The van der Waals surface area contributed by atoms with Crippen LogP contribution < -0.4 is 5.69 Å². The van der Waals surface area contributed by atoms with Gasteiger partial charge in [0.2, 0.25) is 0 Å². The van der Waals surface area contributed by atoms with Crippen molar-refractivity contribution in [2.45, 2.75) is 25.9 Å². The van der Waals surface area contributed by atoms with Gasteiger partial charge in [0.15, 0.2) is 0 Å². The lowest BCUT2D eigenvalue weighted by molar-refractivity contribution is 0.615. The van der Waals surface area contributed by atoms with Gasteiger partial charge in [-0.2, -0.15) is 5.10 Å². The van der Waals surface area contributed by atoms with Crippen molar-refractivity contribution in [1.82, 2.24) is 14.3 Å². The number of hydrogen-bond donors (Lipinski definition) is 0. The van der Waals surface area contributed by atoms with E-state index in [1.807, 2.05) is 42.5 Å². The molecule has 0 bridgehead atoms. The molecule has 0 saturated carbocycles. The number of aromatic nitrogens is 3. The smallest absolute Gasteiger partial charge is 0.278 e. The molecule has 0 unspecified atom stereocenters. The highest BCUT2D eigenvalue weighted by Gasteiger charge is 2.20. The van der Waals surface area contributed by atoms with Crippen LogP contribution in [-0.2, 0) is 25.9 Å². The second-order valence-electron chi connectivity index (χ2n) is 5.80. The lowest BCUT2D eigenvalue weighted by Crippen LogP contribution is -2.26. The van der Waals surface area contributed by atoms with Crippen LogP contribution in [0.25, 0.3) is 0 Å². The van der Waals surface area contributed by atoms with Crippen molar-refractivity contribution < 1.29 is 0 Å². The summed E-state index contributed by atoms with van der Waals surface area (Å²) in [5, 5.41) is 5.31. The van der Waals surface area contributed by atoms with Crippen molar-refractivity contribution in [2.75, 3.05) is 0 Å². The van der Waals surface area contributed by atoms with Crippen molar-refractivity contribution in [1.29, 1.82) is 0 Å². The molecule has 1 aliphatic rings. The molecule has 0 saturated heterocycles. The molecule has 2 heterocycles. The topological polar surface area (TPSA) is 39.8 Å². The van der Waals surface area contributed by atoms with Crippen LogP contribution in [0.3, 0.4) is 0 Å². The number of aryl methyl sites for hydroxylation is 1. The van der Waals surface area contributed by atoms with Crippen LogP contribution in [-0.4, -0.2) is 14.3 Å². The van der Waals surface area contributed by atoms with Crippen LogP contribution in [0.2, 0.25) is 5.02 Å². The molecular formula is C18H16ClN3O. The van der Waals surface area contributed by atoms with E-state index in [4.69, 9.17) is 11.6 Å². The van der Waals surface area contributed by atoms with Crippen LogP contribution >= 0.6 is 11.6 Å². The highest BCUT2D eigenvalue weighted by molar-refractivity contribution is 6.31. The van der Waals surface area contributed by atoms with E-state index in [1.54, 1.807) is 9.25 Å². The third kappa shape index (κ3) is 2.59. The van der Waals surface area contributed by atoms with Gasteiger partial charge < -0.3 is 0 Å². The number of rotatable bonds is 2. The molecule has 5 heteroatoms. The minimum absolute atomic E-state index is 0.0484. The van der Waals surface area contributed by atoms with E-state index >= 15 is 0 Å². The van der Waals surface area contributed by atoms with Crippen molar-refractivity contribution in [3.63, 3.8) is 0 Å². The average molecular weight is 326 g/mol. The van der Waals surface area contributed by atoms with Crippen LogP contribution in [0.5, 0.6) is 0 Å². The quantitative estimate of drug-likeness (QED) is 0.727. The van der Waals surface area contributed by atoms with E-state index in [9.17, 15) is 4.79 Å². The van der Waals surface area contributed by atoms with E-state index in [2.05, 4.69) is 11.2 Å². The highest BCUT2D eigenvalue weighted by atomic mass is 35.5. The van der Waals surface area contributed by atoms with E-state index in [0.29, 0.717) is 19.5 Å². The number of benzene rings is 2. The van der Waals surface area contributed by atoms with Crippen LogP contribution in [0, 0.1) is 0 Å². The zero-order chi connectivity index (χ0) is 15.8. The monoisotopic (exact) mass is 325 g/mol. The first-order valence-electron chi connectivity index (χ1n) is 7.69. The van der Waals surface area contributed by atoms with E-state index in [-0.39, 0.29) is 5.69 Å². The van der Waals surface area contributed by atoms with Gasteiger partial charge >= 0.3 is 5.69 Å². The van der Waals surface area contributed by atoms with Gasteiger partial charge in [-0.15, -0.1) is 0 Å². The summed E-state index contributed by atoms with van der Waals surface area (Å²) in [5.41, 5.74) is 3.32. The Bertz CT molecular complexity index is 912. The summed E-state index contributed by atoms with van der Waals surface area (Å²) >= 11 is 6.34. The molecule has 1 aromatic heterocycles. The van der Waals surface area contributed by atoms with Crippen molar-refractivity contribution >= 4 is 11.6 Å².